The lowest BCUT2D eigenvalue weighted by Gasteiger charge is -2.60. The van der Waals surface area contributed by atoms with Crippen molar-refractivity contribution >= 4 is 6.03 Å². The lowest BCUT2D eigenvalue weighted by Crippen LogP contribution is -2.68. The van der Waals surface area contributed by atoms with E-state index in [0.717, 1.165) is 25.9 Å². The molecular formula is C16H30N2O3. The van der Waals surface area contributed by atoms with Gasteiger partial charge in [0.15, 0.2) is 0 Å². The molecule has 0 radical (unpaired) electrons. The number of aliphatic hydroxyl groups excluding tert-OH is 1. The van der Waals surface area contributed by atoms with Crippen LogP contribution in [0.25, 0.3) is 0 Å². The number of carbonyl (C=O) groups excluding carboxylic acids is 1. The van der Waals surface area contributed by atoms with Crippen molar-refractivity contribution in [2.24, 2.45) is 11.3 Å². The van der Waals surface area contributed by atoms with Crippen LogP contribution in [0, 0.1) is 11.3 Å². The molecule has 0 aromatic heterocycles. The average molecular weight is 298 g/mol. The fraction of sp³-hybridized carbons (Fsp3) is 0.938. The highest BCUT2D eigenvalue weighted by atomic mass is 16.5. The number of hydrogen-bond acceptors (Lipinski definition) is 3. The molecule has 21 heavy (non-hydrogen) atoms. The van der Waals surface area contributed by atoms with Crippen molar-refractivity contribution in [2.75, 3.05) is 13.2 Å². The topological polar surface area (TPSA) is 70.6 Å². The lowest BCUT2D eigenvalue weighted by atomic mass is 9.51. The van der Waals surface area contributed by atoms with E-state index in [1.165, 1.54) is 6.42 Å². The number of urea groups is 1. The molecular weight excluding hydrogens is 268 g/mol. The van der Waals surface area contributed by atoms with E-state index < -0.39 is 6.10 Å². The van der Waals surface area contributed by atoms with Crippen LogP contribution in [0.5, 0.6) is 0 Å². The van der Waals surface area contributed by atoms with E-state index in [-0.39, 0.29) is 17.5 Å². The summed E-state index contributed by atoms with van der Waals surface area (Å²) in [6.45, 7) is 7.21. The van der Waals surface area contributed by atoms with E-state index in [2.05, 4.69) is 24.5 Å². The summed E-state index contributed by atoms with van der Waals surface area (Å²) in [6.07, 6.45) is 5.00. The SMILES string of the molecule is CCOC1CC(NC(=O)NCC(O)CC(C)C)C12CCC2. The molecule has 0 heterocycles. The fourth-order valence-corrected chi connectivity index (χ4v) is 3.69. The first kappa shape index (κ1) is 16.6. The largest absolute Gasteiger partial charge is 0.391 e. The van der Waals surface area contributed by atoms with Crippen LogP contribution in [0.15, 0.2) is 0 Å². The van der Waals surface area contributed by atoms with Crippen LogP contribution in [0.4, 0.5) is 4.79 Å². The summed E-state index contributed by atoms with van der Waals surface area (Å²) in [5.41, 5.74) is 0.184. The highest BCUT2D eigenvalue weighted by Gasteiger charge is 2.59. The molecule has 2 rings (SSSR count). The third-order valence-corrected chi connectivity index (χ3v) is 4.98. The Morgan fingerprint density at radius 1 is 1.43 bits per heavy atom. The van der Waals surface area contributed by atoms with E-state index in [1.54, 1.807) is 0 Å². The minimum absolute atomic E-state index is 0.163. The molecule has 2 fully saturated rings. The van der Waals surface area contributed by atoms with Gasteiger partial charge in [0, 0.05) is 24.6 Å². The lowest BCUT2D eigenvalue weighted by molar-refractivity contribution is -0.169. The molecule has 5 heteroatoms. The zero-order valence-electron chi connectivity index (χ0n) is 13.5. The molecule has 2 saturated carbocycles. The quantitative estimate of drug-likeness (QED) is 0.673. The molecule has 122 valence electrons. The molecule has 3 unspecified atom stereocenters. The van der Waals surface area contributed by atoms with Crippen LogP contribution in [0.2, 0.25) is 0 Å². The Hall–Kier alpha value is -0.810. The summed E-state index contributed by atoms with van der Waals surface area (Å²) in [7, 11) is 0. The second kappa shape index (κ2) is 6.97. The van der Waals surface area contributed by atoms with E-state index in [0.29, 0.717) is 25.0 Å². The predicted molar refractivity (Wildman–Crippen MR) is 82.1 cm³/mol. The summed E-state index contributed by atoms with van der Waals surface area (Å²) in [6, 6.07) is 0.0640. The van der Waals surface area contributed by atoms with Gasteiger partial charge in [0.25, 0.3) is 0 Å². The van der Waals surface area contributed by atoms with Gasteiger partial charge in [-0.1, -0.05) is 20.3 Å². The van der Waals surface area contributed by atoms with Crippen molar-refractivity contribution in [3.63, 3.8) is 0 Å². The number of ether oxygens (including phenoxy) is 1. The number of carbonyl (C=O) groups is 1. The fourth-order valence-electron chi connectivity index (χ4n) is 3.69. The highest BCUT2D eigenvalue weighted by molar-refractivity contribution is 5.74. The van der Waals surface area contributed by atoms with Gasteiger partial charge in [0.2, 0.25) is 0 Å². The van der Waals surface area contributed by atoms with Crippen LogP contribution >= 0.6 is 0 Å². The van der Waals surface area contributed by atoms with Crippen LogP contribution in [-0.4, -0.2) is 42.5 Å². The first-order chi connectivity index (χ1) is 9.98. The van der Waals surface area contributed by atoms with Gasteiger partial charge in [0.05, 0.1) is 12.2 Å². The van der Waals surface area contributed by atoms with Gasteiger partial charge < -0.3 is 20.5 Å². The molecule has 2 aliphatic rings. The van der Waals surface area contributed by atoms with Crippen LogP contribution in [-0.2, 0) is 4.74 Å². The maximum absolute atomic E-state index is 12.0. The second-order valence-corrected chi connectivity index (χ2v) is 6.96. The number of amides is 2. The molecule has 2 aliphatic carbocycles. The van der Waals surface area contributed by atoms with Crippen molar-refractivity contribution < 1.29 is 14.6 Å². The molecule has 0 bridgehead atoms. The Bertz CT molecular complexity index is 355. The van der Waals surface area contributed by atoms with Gasteiger partial charge in [-0.2, -0.15) is 0 Å². The third kappa shape index (κ3) is 3.69. The Morgan fingerprint density at radius 2 is 2.14 bits per heavy atom. The minimum Gasteiger partial charge on any atom is -0.391 e. The Kier molecular flexibility index (Phi) is 5.49. The molecule has 0 aliphatic heterocycles. The summed E-state index contributed by atoms with van der Waals surface area (Å²) in [5, 5.41) is 15.6. The first-order valence-corrected chi connectivity index (χ1v) is 8.32. The number of nitrogens with one attached hydrogen (secondary N) is 2. The molecule has 0 aromatic rings. The molecule has 0 aromatic carbocycles. The number of aliphatic hydroxyl groups is 1. The third-order valence-electron chi connectivity index (χ3n) is 4.98. The Labute approximate surface area is 127 Å². The van der Waals surface area contributed by atoms with Crippen LogP contribution in [0.3, 0.4) is 0 Å². The minimum atomic E-state index is -0.467. The van der Waals surface area contributed by atoms with Crippen LogP contribution < -0.4 is 10.6 Å². The Morgan fingerprint density at radius 3 is 2.67 bits per heavy atom. The van der Waals surface area contributed by atoms with E-state index >= 15 is 0 Å². The highest BCUT2D eigenvalue weighted by Crippen LogP contribution is 2.57. The average Bonchev–Trinajstić information content (AvgIpc) is 2.32. The smallest absolute Gasteiger partial charge is 0.315 e. The van der Waals surface area contributed by atoms with Gasteiger partial charge >= 0.3 is 6.03 Å². The summed E-state index contributed by atoms with van der Waals surface area (Å²) >= 11 is 0. The van der Waals surface area contributed by atoms with E-state index in [4.69, 9.17) is 4.74 Å². The van der Waals surface area contributed by atoms with E-state index in [1.807, 2.05) is 6.92 Å². The van der Waals surface area contributed by atoms with Crippen molar-refractivity contribution in [1.82, 2.24) is 10.6 Å². The molecule has 3 atom stereocenters. The second-order valence-electron chi connectivity index (χ2n) is 6.96. The molecule has 2 amide bonds. The monoisotopic (exact) mass is 298 g/mol. The van der Waals surface area contributed by atoms with Crippen molar-refractivity contribution in [3.8, 4) is 0 Å². The molecule has 0 saturated heterocycles. The van der Waals surface area contributed by atoms with Gasteiger partial charge in [-0.25, -0.2) is 4.79 Å². The Balaban J connectivity index is 1.71. The molecule has 3 N–H and O–H groups in total. The summed E-state index contributed by atoms with van der Waals surface area (Å²) in [4.78, 5) is 12.0. The zero-order chi connectivity index (χ0) is 15.5. The maximum atomic E-state index is 12.0. The number of rotatable bonds is 7. The zero-order valence-corrected chi connectivity index (χ0v) is 13.5. The van der Waals surface area contributed by atoms with Crippen molar-refractivity contribution in [3.05, 3.63) is 0 Å². The predicted octanol–water partition coefficient (Wildman–Crippen LogP) is 2.04. The van der Waals surface area contributed by atoms with Gasteiger partial charge in [-0.05, 0) is 38.5 Å². The van der Waals surface area contributed by atoms with Gasteiger partial charge in [0.1, 0.15) is 0 Å². The maximum Gasteiger partial charge on any atom is 0.315 e. The van der Waals surface area contributed by atoms with E-state index in [9.17, 15) is 9.90 Å². The van der Waals surface area contributed by atoms with Gasteiger partial charge in [-0.15, -0.1) is 0 Å². The molecule has 1 spiro atoms. The standard InChI is InChI=1S/C16H30N2O3/c1-4-21-14-9-13(16(14)6-5-7-16)18-15(20)17-10-12(19)8-11(2)3/h11-14,19H,4-10H2,1-3H3,(H2,17,18,20). The van der Waals surface area contributed by atoms with Crippen LogP contribution in [0.1, 0.15) is 52.9 Å². The number of hydrogen-bond donors (Lipinski definition) is 3. The molecule has 5 nitrogen and oxygen atoms in total. The van der Waals surface area contributed by atoms with Crippen molar-refractivity contribution in [1.29, 1.82) is 0 Å². The normalized spacial score (nSPS) is 27.9. The first-order valence-electron chi connectivity index (χ1n) is 8.32. The summed E-state index contributed by atoms with van der Waals surface area (Å²) < 4.78 is 5.78. The summed E-state index contributed by atoms with van der Waals surface area (Å²) in [5.74, 6) is 0.432. The van der Waals surface area contributed by atoms with Crippen molar-refractivity contribution in [2.45, 2.75) is 71.1 Å². The van der Waals surface area contributed by atoms with Gasteiger partial charge in [-0.3, -0.25) is 0 Å².